The standard InChI is InChI=1S/C9H9N3/c10-6-7-3-5-11-8-2-1-4-12-9(7)8/h1-5H,6,10H2. The smallest absolute Gasteiger partial charge is 0.0931 e. The zero-order valence-electron chi connectivity index (χ0n) is 6.57. The van der Waals surface area contributed by atoms with Gasteiger partial charge >= 0.3 is 0 Å². The Balaban J connectivity index is 2.79. The predicted octanol–water partition coefficient (Wildman–Crippen LogP) is 1.09. The van der Waals surface area contributed by atoms with Crippen LogP contribution < -0.4 is 5.73 Å². The van der Waals surface area contributed by atoms with Crippen LogP contribution in [0.25, 0.3) is 11.0 Å². The molecule has 0 radical (unpaired) electrons. The van der Waals surface area contributed by atoms with E-state index in [2.05, 4.69) is 9.97 Å². The number of fused-ring (bicyclic) bond motifs is 1. The van der Waals surface area contributed by atoms with Crippen LogP contribution >= 0.6 is 0 Å². The number of rotatable bonds is 1. The van der Waals surface area contributed by atoms with Gasteiger partial charge in [0.15, 0.2) is 0 Å². The van der Waals surface area contributed by atoms with Crippen LogP contribution in [-0.4, -0.2) is 9.97 Å². The third-order valence-electron chi connectivity index (χ3n) is 1.80. The fraction of sp³-hybridized carbons (Fsp3) is 0.111. The molecule has 3 heteroatoms. The van der Waals surface area contributed by atoms with Gasteiger partial charge in [-0.15, -0.1) is 0 Å². The van der Waals surface area contributed by atoms with E-state index in [1.54, 1.807) is 12.4 Å². The first-order valence-corrected chi connectivity index (χ1v) is 3.80. The Hall–Kier alpha value is -1.48. The van der Waals surface area contributed by atoms with Crippen molar-refractivity contribution in [3.63, 3.8) is 0 Å². The van der Waals surface area contributed by atoms with Gasteiger partial charge in [-0.25, -0.2) is 0 Å². The van der Waals surface area contributed by atoms with Crippen molar-refractivity contribution in [3.05, 3.63) is 36.2 Å². The summed E-state index contributed by atoms with van der Waals surface area (Å²) in [4.78, 5) is 8.38. The second-order valence-electron chi connectivity index (χ2n) is 2.55. The van der Waals surface area contributed by atoms with Crippen LogP contribution in [0.4, 0.5) is 0 Å². The molecular weight excluding hydrogens is 150 g/mol. The van der Waals surface area contributed by atoms with Crippen LogP contribution in [-0.2, 0) is 6.54 Å². The zero-order valence-corrected chi connectivity index (χ0v) is 6.57. The lowest BCUT2D eigenvalue weighted by molar-refractivity contribution is 1.07. The molecule has 2 N–H and O–H groups in total. The maximum absolute atomic E-state index is 5.55. The molecular formula is C9H9N3. The largest absolute Gasteiger partial charge is 0.326 e. The Kier molecular flexibility index (Phi) is 1.72. The average Bonchev–Trinajstić information content (AvgIpc) is 2.17. The molecule has 0 amide bonds. The average molecular weight is 159 g/mol. The molecule has 0 unspecified atom stereocenters. The fourth-order valence-corrected chi connectivity index (χ4v) is 1.20. The normalized spacial score (nSPS) is 10.4. The maximum atomic E-state index is 5.55. The highest BCUT2D eigenvalue weighted by atomic mass is 14.7. The van der Waals surface area contributed by atoms with Gasteiger partial charge in [0.05, 0.1) is 11.0 Å². The Bertz CT molecular complexity index is 392. The Labute approximate surface area is 70.3 Å². The third-order valence-corrected chi connectivity index (χ3v) is 1.80. The number of nitrogens with zero attached hydrogens (tertiary/aromatic N) is 2. The van der Waals surface area contributed by atoms with Crippen LogP contribution in [0.3, 0.4) is 0 Å². The Morgan fingerprint density at radius 2 is 2.08 bits per heavy atom. The van der Waals surface area contributed by atoms with E-state index in [0.717, 1.165) is 16.6 Å². The monoisotopic (exact) mass is 159 g/mol. The highest BCUT2D eigenvalue weighted by Gasteiger charge is 1.98. The first-order valence-electron chi connectivity index (χ1n) is 3.80. The van der Waals surface area contributed by atoms with E-state index in [1.807, 2.05) is 18.2 Å². The summed E-state index contributed by atoms with van der Waals surface area (Å²) in [5.74, 6) is 0. The van der Waals surface area contributed by atoms with Gasteiger partial charge in [0, 0.05) is 18.9 Å². The molecule has 0 atom stereocenters. The Morgan fingerprint density at radius 3 is 2.92 bits per heavy atom. The van der Waals surface area contributed by atoms with Crippen molar-refractivity contribution < 1.29 is 0 Å². The van der Waals surface area contributed by atoms with E-state index in [0.29, 0.717) is 6.54 Å². The molecule has 0 spiro atoms. The molecule has 2 aromatic heterocycles. The molecule has 0 aliphatic carbocycles. The molecule has 2 rings (SSSR count). The second-order valence-corrected chi connectivity index (χ2v) is 2.55. The molecule has 0 aliphatic rings. The van der Waals surface area contributed by atoms with Crippen LogP contribution in [0, 0.1) is 0 Å². The number of nitrogens with two attached hydrogens (primary N) is 1. The van der Waals surface area contributed by atoms with E-state index in [-0.39, 0.29) is 0 Å². The van der Waals surface area contributed by atoms with Crippen molar-refractivity contribution in [1.29, 1.82) is 0 Å². The van der Waals surface area contributed by atoms with Crippen LogP contribution in [0.5, 0.6) is 0 Å². The van der Waals surface area contributed by atoms with E-state index in [1.165, 1.54) is 0 Å². The summed E-state index contributed by atoms with van der Waals surface area (Å²) in [5.41, 5.74) is 8.40. The van der Waals surface area contributed by atoms with Crippen molar-refractivity contribution in [2.75, 3.05) is 0 Å². The first-order chi connectivity index (χ1) is 5.92. The van der Waals surface area contributed by atoms with Crippen molar-refractivity contribution in [3.8, 4) is 0 Å². The molecule has 2 aromatic rings. The van der Waals surface area contributed by atoms with Gasteiger partial charge in [0.25, 0.3) is 0 Å². The van der Waals surface area contributed by atoms with Gasteiger partial charge < -0.3 is 5.73 Å². The molecule has 0 aliphatic heterocycles. The van der Waals surface area contributed by atoms with E-state index in [4.69, 9.17) is 5.73 Å². The number of hydrogen-bond acceptors (Lipinski definition) is 3. The number of hydrogen-bond donors (Lipinski definition) is 1. The van der Waals surface area contributed by atoms with E-state index in [9.17, 15) is 0 Å². The summed E-state index contributed by atoms with van der Waals surface area (Å²) in [6.45, 7) is 0.510. The quantitative estimate of drug-likeness (QED) is 0.677. The van der Waals surface area contributed by atoms with Crippen LogP contribution in [0.2, 0.25) is 0 Å². The minimum atomic E-state index is 0.510. The van der Waals surface area contributed by atoms with Crippen molar-refractivity contribution in [1.82, 2.24) is 9.97 Å². The summed E-state index contributed by atoms with van der Waals surface area (Å²) in [7, 11) is 0. The molecule has 0 bridgehead atoms. The fourth-order valence-electron chi connectivity index (χ4n) is 1.20. The van der Waals surface area contributed by atoms with Gasteiger partial charge in [-0.2, -0.15) is 0 Å². The molecule has 0 saturated heterocycles. The zero-order chi connectivity index (χ0) is 8.39. The molecule has 0 fully saturated rings. The SMILES string of the molecule is NCc1ccnc2cccnc12. The summed E-state index contributed by atoms with van der Waals surface area (Å²) in [6, 6.07) is 5.70. The van der Waals surface area contributed by atoms with Gasteiger partial charge in [0.2, 0.25) is 0 Å². The molecule has 0 saturated carbocycles. The highest BCUT2D eigenvalue weighted by Crippen LogP contribution is 2.11. The van der Waals surface area contributed by atoms with Crippen molar-refractivity contribution >= 4 is 11.0 Å². The summed E-state index contributed by atoms with van der Waals surface area (Å²) in [5, 5.41) is 0. The molecule has 60 valence electrons. The topological polar surface area (TPSA) is 51.8 Å². The van der Waals surface area contributed by atoms with E-state index >= 15 is 0 Å². The Morgan fingerprint density at radius 1 is 1.17 bits per heavy atom. The maximum Gasteiger partial charge on any atom is 0.0931 e. The lowest BCUT2D eigenvalue weighted by Gasteiger charge is -2.00. The van der Waals surface area contributed by atoms with E-state index < -0.39 is 0 Å². The number of pyridine rings is 2. The molecule has 12 heavy (non-hydrogen) atoms. The third kappa shape index (κ3) is 1.04. The minimum Gasteiger partial charge on any atom is -0.326 e. The summed E-state index contributed by atoms with van der Waals surface area (Å²) in [6.07, 6.45) is 3.51. The first kappa shape index (κ1) is 7.18. The highest BCUT2D eigenvalue weighted by molar-refractivity contribution is 5.76. The van der Waals surface area contributed by atoms with Gasteiger partial charge in [-0.3, -0.25) is 9.97 Å². The van der Waals surface area contributed by atoms with Gasteiger partial charge in [-0.1, -0.05) is 0 Å². The second kappa shape index (κ2) is 2.87. The number of aromatic nitrogens is 2. The van der Waals surface area contributed by atoms with Crippen molar-refractivity contribution in [2.45, 2.75) is 6.54 Å². The van der Waals surface area contributed by atoms with Gasteiger partial charge in [0.1, 0.15) is 0 Å². The minimum absolute atomic E-state index is 0.510. The lowest BCUT2D eigenvalue weighted by Crippen LogP contribution is -1.98. The summed E-state index contributed by atoms with van der Waals surface area (Å²) >= 11 is 0. The van der Waals surface area contributed by atoms with Gasteiger partial charge in [-0.05, 0) is 23.8 Å². The van der Waals surface area contributed by atoms with Crippen molar-refractivity contribution in [2.24, 2.45) is 5.73 Å². The molecule has 0 aromatic carbocycles. The summed E-state index contributed by atoms with van der Waals surface area (Å²) < 4.78 is 0. The van der Waals surface area contributed by atoms with Crippen LogP contribution in [0.1, 0.15) is 5.56 Å². The molecule has 3 nitrogen and oxygen atoms in total. The lowest BCUT2D eigenvalue weighted by atomic mass is 10.2. The molecule has 2 heterocycles. The predicted molar refractivity (Wildman–Crippen MR) is 47.4 cm³/mol. The van der Waals surface area contributed by atoms with Crippen LogP contribution in [0.15, 0.2) is 30.6 Å².